The largest absolute Gasteiger partial charge is 0.549 e. The minimum Gasteiger partial charge on any atom is -0.549 e. The van der Waals surface area contributed by atoms with Gasteiger partial charge in [-0.15, -0.1) is 0 Å². The van der Waals surface area contributed by atoms with Crippen LogP contribution in [0.1, 0.15) is 96.8 Å². The topological polar surface area (TPSA) is 197 Å². The number of hydrogen-bond acceptors (Lipinski definition) is 10. The molecule has 0 rings (SSSR count). The number of carbonyl (C=O) groups is 4. The molecule has 0 saturated carbocycles. The van der Waals surface area contributed by atoms with E-state index in [-0.39, 0.29) is 19.7 Å². The van der Waals surface area contributed by atoms with E-state index < -0.39 is 50.1 Å². The zero-order valence-corrected chi connectivity index (χ0v) is 30.1. The van der Waals surface area contributed by atoms with Crippen LogP contribution in [0.25, 0.3) is 0 Å². The van der Waals surface area contributed by atoms with Crippen LogP contribution in [0.5, 0.6) is 0 Å². The molecule has 0 spiro atoms. The summed E-state index contributed by atoms with van der Waals surface area (Å²) in [5.74, 6) is -5.21. The lowest BCUT2D eigenvalue weighted by molar-refractivity contribution is -0.891. The predicted octanol–water partition coefficient (Wildman–Crippen LogP) is 2.16. The van der Waals surface area contributed by atoms with E-state index in [1.165, 1.54) is 96.4 Å². The fraction of sp³-hybridized carbons (Fsp3) is 0.882. The number of hydrogen-bond donors (Lipinski definition) is 4. The summed E-state index contributed by atoms with van der Waals surface area (Å²) in [6.07, 6.45) is 19.9. The number of aliphatic hydroxyl groups excluding tert-OH is 1. The van der Waals surface area contributed by atoms with Crippen molar-refractivity contribution in [3.05, 3.63) is 0 Å². The minimum absolute atomic E-state index is 0.0864. The van der Waals surface area contributed by atoms with Crippen LogP contribution in [0, 0.1) is 0 Å². The highest BCUT2D eigenvalue weighted by atomic mass is 16.5. The van der Waals surface area contributed by atoms with Crippen molar-refractivity contribution >= 4 is 23.9 Å². The van der Waals surface area contributed by atoms with Gasteiger partial charge in [-0.25, -0.2) is 0 Å². The molecule has 0 amide bonds. The summed E-state index contributed by atoms with van der Waals surface area (Å²) in [4.78, 5) is 44.1. The molecule has 48 heavy (non-hydrogen) atoms. The lowest BCUT2D eigenvalue weighted by Crippen LogP contribution is -2.45. The number of carbonyl (C=O) groups excluding carboxylic acids is 1. The zero-order chi connectivity index (χ0) is 36.5. The number of aliphatic carboxylic acids is 4. The molecule has 0 aliphatic rings. The monoisotopic (exact) mass is 693 g/mol. The SMILES string of the molecule is CCCCCCCCCCCCCCCC[N+](C)(C)CCOCCOCCO.O=C([O-])CN(CCN(CC(=O)O)CC(=O)O)CC(=O)O. The molecule has 0 fully saturated rings. The maximum atomic E-state index is 10.5. The molecule has 0 aromatic rings. The lowest BCUT2D eigenvalue weighted by atomic mass is 10.0. The Balaban J connectivity index is 0. The van der Waals surface area contributed by atoms with Crippen molar-refractivity contribution in [1.82, 2.24) is 9.80 Å². The Bertz CT molecular complexity index is 747. The van der Waals surface area contributed by atoms with E-state index in [0.717, 1.165) is 27.4 Å². The van der Waals surface area contributed by atoms with Crippen molar-refractivity contribution < 1.29 is 58.7 Å². The number of ether oxygens (including phenoxy) is 2. The van der Waals surface area contributed by atoms with Crippen LogP contribution in [-0.2, 0) is 28.7 Å². The Hall–Kier alpha value is -2.36. The van der Waals surface area contributed by atoms with E-state index >= 15 is 0 Å². The number of quaternary nitrogens is 1. The summed E-state index contributed by atoms with van der Waals surface area (Å²) in [6.45, 7) is 4.56. The zero-order valence-electron chi connectivity index (χ0n) is 30.1. The fourth-order valence-corrected chi connectivity index (χ4v) is 5.01. The van der Waals surface area contributed by atoms with Crippen LogP contribution in [0.15, 0.2) is 0 Å². The van der Waals surface area contributed by atoms with Gasteiger partial charge in [0.05, 0.1) is 79.3 Å². The van der Waals surface area contributed by atoms with Crippen LogP contribution < -0.4 is 5.11 Å². The predicted molar refractivity (Wildman–Crippen MR) is 182 cm³/mol. The van der Waals surface area contributed by atoms with Crippen molar-refractivity contribution in [3.63, 3.8) is 0 Å². The Morgan fingerprint density at radius 3 is 1.31 bits per heavy atom. The standard InChI is InChI=1S/C24H52NO3.C10H16N2O8/c1-4-5-6-7-8-9-10-11-12-13-14-15-16-17-18-25(2,3)19-21-27-23-24-28-22-20-26;13-7(14)3-11(4-8(15)16)1-2-12(5-9(17)18)6-10(19)20/h26H,4-24H2,1-3H3;1-6H2,(H,13,14)(H,15,16)(H,17,18)(H,19,20)/q+1;/p-1. The Morgan fingerprint density at radius 2 is 0.938 bits per heavy atom. The molecule has 0 heterocycles. The third kappa shape index (κ3) is 38.1. The van der Waals surface area contributed by atoms with Crippen molar-refractivity contribution in [2.75, 3.05) is 99.5 Å². The smallest absolute Gasteiger partial charge is 0.317 e. The molecule has 14 nitrogen and oxygen atoms in total. The van der Waals surface area contributed by atoms with E-state index in [0.29, 0.717) is 19.8 Å². The second-order valence-electron chi connectivity index (χ2n) is 12.9. The third-order valence-corrected chi connectivity index (χ3v) is 7.73. The summed E-state index contributed by atoms with van der Waals surface area (Å²) in [7, 11) is 4.60. The first kappa shape index (κ1) is 47.8. The highest BCUT2D eigenvalue weighted by Gasteiger charge is 2.17. The van der Waals surface area contributed by atoms with Crippen LogP contribution in [0.4, 0.5) is 0 Å². The molecule has 0 bridgehead atoms. The van der Waals surface area contributed by atoms with Gasteiger partial charge < -0.3 is 44.3 Å². The molecule has 0 atom stereocenters. The minimum atomic E-state index is -1.48. The van der Waals surface area contributed by atoms with E-state index in [1.807, 2.05) is 0 Å². The molecular weight excluding hydrogens is 626 g/mol. The van der Waals surface area contributed by atoms with Crippen LogP contribution in [0.3, 0.4) is 0 Å². The average molecular weight is 694 g/mol. The van der Waals surface area contributed by atoms with Crippen molar-refractivity contribution in [2.45, 2.75) is 96.8 Å². The molecule has 284 valence electrons. The summed E-state index contributed by atoms with van der Waals surface area (Å²) >= 11 is 0. The van der Waals surface area contributed by atoms with Gasteiger partial charge in [-0.2, -0.15) is 0 Å². The van der Waals surface area contributed by atoms with Crippen LogP contribution >= 0.6 is 0 Å². The summed E-state index contributed by atoms with van der Waals surface area (Å²) in [5, 5.41) is 44.9. The fourth-order valence-electron chi connectivity index (χ4n) is 5.01. The number of carboxylic acid groups (broad SMARTS) is 4. The number of unbranched alkanes of at least 4 members (excludes halogenated alkanes) is 13. The van der Waals surface area contributed by atoms with E-state index in [1.54, 1.807) is 0 Å². The second kappa shape index (κ2) is 33.2. The summed E-state index contributed by atoms with van der Waals surface area (Å²) in [6, 6.07) is 0. The maximum Gasteiger partial charge on any atom is 0.317 e. The molecule has 0 radical (unpaired) electrons. The van der Waals surface area contributed by atoms with Gasteiger partial charge >= 0.3 is 17.9 Å². The van der Waals surface area contributed by atoms with Gasteiger partial charge in [-0.1, -0.05) is 84.0 Å². The quantitative estimate of drug-likeness (QED) is 0.0566. The molecule has 0 aliphatic heterocycles. The van der Waals surface area contributed by atoms with E-state index in [2.05, 4.69) is 21.0 Å². The number of likely N-dealkylation sites (N-methyl/N-ethyl adjacent to an activating group) is 1. The van der Waals surface area contributed by atoms with E-state index in [9.17, 15) is 24.3 Å². The van der Waals surface area contributed by atoms with E-state index in [4.69, 9.17) is 29.9 Å². The molecule has 14 heteroatoms. The molecule has 0 aromatic carbocycles. The molecule has 0 aromatic heterocycles. The highest BCUT2D eigenvalue weighted by molar-refractivity contribution is 5.73. The van der Waals surface area contributed by atoms with Gasteiger partial charge in [0.25, 0.3) is 0 Å². The lowest BCUT2D eigenvalue weighted by Gasteiger charge is -2.29. The average Bonchev–Trinajstić information content (AvgIpc) is 2.98. The van der Waals surface area contributed by atoms with Gasteiger partial charge in [0.2, 0.25) is 0 Å². The number of rotatable bonds is 34. The number of nitrogens with zero attached hydrogens (tertiary/aromatic N) is 3. The highest BCUT2D eigenvalue weighted by Crippen LogP contribution is 2.13. The molecule has 0 unspecified atom stereocenters. The normalized spacial score (nSPS) is 11.5. The summed E-state index contributed by atoms with van der Waals surface area (Å²) < 4.78 is 11.8. The van der Waals surface area contributed by atoms with Crippen molar-refractivity contribution in [1.29, 1.82) is 0 Å². The first-order chi connectivity index (χ1) is 22.8. The van der Waals surface area contributed by atoms with Gasteiger partial charge in [-0.3, -0.25) is 24.2 Å². The Labute approximate surface area is 288 Å². The van der Waals surface area contributed by atoms with Crippen molar-refractivity contribution in [2.24, 2.45) is 0 Å². The Kier molecular flexibility index (Phi) is 33.0. The molecule has 4 N–H and O–H groups in total. The van der Waals surface area contributed by atoms with Crippen LogP contribution in [0.2, 0.25) is 0 Å². The van der Waals surface area contributed by atoms with Gasteiger partial charge in [-0.05, 0) is 12.8 Å². The first-order valence-corrected chi connectivity index (χ1v) is 17.7. The molecular formula is C34H67N3O11. The van der Waals surface area contributed by atoms with Gasteiger partial charge in [0.1, 0.15) is 6.54 Å². The van der Waals surface area contributed by atoms with Crippen molar-refractivity contribution in [3.8, 4) is 0 Å². The number of aliphatic hydroxyl groups is 1. The van der Waals surface area contributed by atoms with Gasteiger partial charge in [0.15, 0.2) is 0 Å². The first-order valence-electron chi connectivity index (χ1n) is 17.7. The third-order valence-electron chi connectivity index (χ3n) is 7.73. The molecule has 0 aliphatic carbocycles. The number of carboxylic acids is 4. The maximum absolute atomic E-state index is 10.5. The second-order valence-corrected chi connectivity index (χ2v) is 12.9. The van der Waals surface area contributed by atoms with Crippen LogP contribution in [-0.4, -0.2) is 158 Å². The van der Waals surface area contributed by atoms with Gasteiger partial charge in [0, 0.05) is 19.6 Å². The molecule has 0 saturated heterocycles. The Morgan fingerprint density at radius 1 is 0.562 bits per heavy atom. The summed E-state index contributed by atoms with van der Waals surface area (Å²) in [5.41, 5.74) is 0.